The molecular weight excluding hydrogens is 615 g/mol. The van der Waals surface area contributed by atoms with E-state index in [1.807, 2.05) is 24.3 Å². The first-order valence-electron chi connectivity index (χ1n) is 13.7. The van der Waals surface area contributed by atoms with E-state index in [1.54, 1.807) is 0 Å². The van der Waals surface area contributed by atoms with Gasteiger partial charge in [0.1, 0.15) is 6.10 Å². The Morgan fingerprint density at radius 1 is 0.780 bits per heavy atom. The fourth-order valence-corrected chi connectivity index (χ4v) is 6.27. The van der Waals surface area contributed by atoms with Crippen LogP contribution in [-0.4, -0.2) is 74.8 Å². The van der Waals surface area contributed by atoms with Gasteiger partial charge < -0.3 is 29.9 Å². The Labute approximate surface area is 248 Å². The van der Waals surface area contributed by atoms with Crippen molar-refractivity contribution in [3.63, 3.8) is 0 Å². The number of hydrogen-bond donors (Lipinski definition) is 4. The quantitative estimate of drug-likeness (QED) is 0.0542. The average Bonchev–Trinajstić information content (AvgIpc) is 2.98. The number of aryl methyl sites for hydroxylation is 1. The summed E-state index contributed by atoms with van der Waals surface area (Å²) < 4.78 is 23.6. The first-order chi connectivity index (χ1) is 19.8. The molecule has 0 spiro atoms. The Hall–Kier alpha value is -2.46. The van der Waals surface area contributed by atoms with Gasteiger partial charge in [-0.3, -0.25) is 9.59 Å². The molecule has 4 unspecified atom stereocenters. The molecule has 3 aromatic rings. The molecule has 4 N–H and O–H groups in total. The molecule has 0 heterocycles. The van der Waals surface area contributed by atoms with E-state index in [1.165, 1.54) is 0 Å². The summed E-state index contributed by atoms with van der Waals surface area (Å²) >= 11 is 3.31. The smallest absolute Gasteiger partial charge is 0.421 e. The number of carbonyl (C=O) groups excluding carboxylic acids is 2. The van der Waals surface area contributed by atoms with Gasteiger partial charge in [0.05, 0.1) is 13.2 Å². The monoisotopic (exact) mass is 651 g/mol. The largest absolute Gasteiger partial charge is 0.451 e. The van der Waals surface area contributed by atoms with Crippen LogP contribution in [0, 0.1) is 0 Å². The lowest BCUT2D eigenvalue weighted by molar-refractivity contribution is -0.165. The first-order valence-corrected chi connectivity index (χ1v) is 16.2. The summed E-state index contributed by atoms with van der Waals surface area (Å²) in [6.45, 7) is -1.71. The summed E-state index contributed by atoms with van der Waals surface area (Å²) in [6, 6.07) is 18.4. The molecule has 5 atom stereocenters. The van der Waals surface area contributed by atoms with Crippen LogP contribution >= 0.6 is 23.7 Å². The molecule has 0 saturated carbocycles. The highest BCUT2D eigenvalue weighted by Gasteiger charge is 2.50. The number of aliphatic hydroxyl groups excluding tert-OH is 4. The van der Waals surface area contributed by atoms with Gasteiger partial charge in [0.2, 0.25) is 6.10 Å². The maximum Gasteiger partial charge on any atom is 0.421 e. The van der Waals surface area contributed by atoms with Crippen LogP contribution in [-0.2, 0) is 30.0 Å². The number of halogens is 1. The standard InChI is InChI=1S/C30H37BrO9P/c31-14-5-1-2-10-27(35)39-26(19-33)30(41(38)29(37)25(34)18-32)40-28(36)11-6-7-20-12-13-23-16-21-8-3-4-9-22(21)17-24(23)15-20/h3-4,8-9,12-13,15-17,25-26,29-30,32-34,37H,1-2,5-7,10-11,14,18-19H2/q+1/t25?,26-,29?,30?/m0/s1. The summed E-state index contributed by atoms with van der Waals surface area (Å²) in [5.41, 5.74) is 1.02. The zero-order chi connectivity index (χ0) is 29.8. The normalized spacial score (nSPS) is 14.8. The second kappa shape index (κ2) is 16.9. The molecule has 0 fully saturated rings. The van der Waals surface area contributed by atoms with E-state index in [9.17, 15) is 29.5 Å². The van der Waals surface area contributed by atoms with Crippen molar-refractivity contribution in [3.8, 4) is 0 Å². The van der Waals surface area contributed by atoms with Gasteiger partial charge >= 0.3 is 25.6 Å². The summed E-state index contributed by atoms with van der Waals surface area (Å²) in [7, 11) is -2.96. The van der Waals surface area contributed by atoms with E-state index >= 15 is 0 Å². The van der Waals surface area contributed by atoms with Crippen molar-refractivity contribution in [1.82, 2.24) is 0 Å². The Morgan fingerprint density at radius 3 is 2.07 bits per heavy atom. The van der Waals surface area contributed by atoms with Gasteiger partial charge in [0, 0.05) is 18.2 Å². The fourth-order valence-electron chi connectivity index (χ4n) is 4.44. The molecule has 0 aromatic heterocycles. The number of carbonyl (C=O) groups is 2. The van der Waals surface area contributed by atoms with E-state index in [0.29, 0.717) is 19.3 Å². The predicted octanol–water partition coefficient (Wildman–Crippen LogP) is 4.54. The van der Waals surface area contributed by atoms with Crippen LogP contribution in [0.1, 0.15) is 44.1 Å². The lowest BCUT2D eigenvalue weighted by Gasteiger charge is -2.21. The van der Waals surface area contributed by atoms with Crippen LogP contribution in [0.25, 0.3) is 21.5 Å². The SMILES string of the molecule is O=C(CCCc1ccc2cc3ccccc3cc2c1)OC([C@H](CO)OC(=O)CCCCCBr)[P+](=O)C(O)C(O)CO. The van der Waals surface area contributed by atoms with Crippen LogP contribution in [0.2, 0.25) is 0 Å². The van der Waals surface area contributed by atoms with Gasteiger partial charge in [-0.1, -0.05) is 69.4 Å². The highest BCUT2D eigenvalue weighted by molar-refractivity contribution is 9.09. The van der Waals surface area contributed by atoms with E-state index in [0.717, 1.165) is 45.3 Å². The molecule has 3 aromatic carbocycles. The number of hydrogen-bond acceptors (Lipinski definition) is 9. The van der Waals surface area contributed by atoms with Gasteiger partial charge in [0.15, 0.2) is 0 Å². The van der Waals surface area contributed by atoms with E-state index in [-0.39, 0.29) is 12.8 Å². The molecule has 9 nitrogen and oxygen atoms in total. The van der Waals surface area contributed by atoms with Crippen LogP contribution in [0.3, 0.4) is 0 Å². The third-order valence-corrected chi connectivity index (χ3v) is 9.07. The average molecular weight is 652 g/mol. The van der Waals surface area contributed by atoms with Crippen LogP contribution < -0.4 is 0 Å². The highest BCUT2D eigenvalue weighted by Crippen LogP contribution is 2.39. The maximum absolute atomic E-state index is 13.0. The molecule has 0 radical (unpaired) electrons. The van der Waals surface area contributed by atoms with Gasteiger partial charge in [0.25, 0.3) is 5.85 Å². The second-order valence-corrected chi connectivity index (χ2v) is 12.4. The topological polar surface area (TPSA) is 151 Å². The number of unbranched alkanes of at least 4 members (excludes halogenated alkanes) is 2. The molecule has 0 aliphatic rings. The minimum absolute atomic E-state index is 0.0460. The molecule has 0 aliphatic heterocycles. The molecule has 3 rings (SSSR count). The number of aliphatic hydroxyl groups is 4. The fraction of sp³-hybridized carbons (Fsp3) is 0.467. The molecule has 41 heavy (non-hydrogen) atoms. The minimum atomic E-state index is -2.96. The molecule has 0 saturated heterocycles. The summed E-state index contributed by atoms with van der Waals surface area (Å²) in [4.78, 5) is 25.1. The number of esters is 2. The number of rotatable bonds is 17. The van der Waals surface area contributed by atoms with Crippen molar-refractivity contribution in [1.29, 1.82) is 0 Å². The molecular formula is C30H37BrO9P+. The molecule has 0 bridgehead atoms. The molecule has 222 valence electrons. The minimum Gasteiger partial charge on any atom is -0.451 e. The third-order valence-electron chi connectivity index (χ3n) is 6.71. The number of fused-ring (bicyclic) bond motifs is 2. The Morgan fingerprint density at radius 2 is 1.41 bits per heavy atom. The van der Waals surface area contributed by atoms with Crippen LogP contribution in [0.15, 0.2) is 54.6 Å². The molecule has 11 heteroatoms. The van der Waals surface area contributed by atoms with E-state index < -0.39 is 56.9 Å². The van der Waals surface area contributed by atoms with Gasteiger partial charge in [-0.05, 0) is 64.9 Å². The van der Waals surface area contributed by atoms with Crippen molar-refractivity contribution >= 4 is 57.2 Å². The predicted molar refractivity (Wildman–Crippen MR) is 160 cm³/mol. The van der Waals surface area contributed by atoms with E-state index in [4.69, 9.17) is 14.6 Å². The summed E-state index contributed by atoms with van der Waals surface area (Å²) in [5.74, 6) is -5.11. The number of benzene rings is 3. The third kappa shape index (κ3) is 9.81. The number of ether oxygens (including phenoxy) is 2. The molecule has 0 aliphatic carbocycles. The van der Waals surface area contributed by atoms with Crippen LogP contribution in [0.5, 0.6) is 0 Å². The Bertz CT molecular complexity index is 1320. The van der Waals surface area contributed by atoms with Crippen LogP contribution in [0.4, 0.5) is 0 Å². The lowest BCUT2D eigenvalue weighted by atomic mass is 10.00. The first kappa shape index (κ1) is 33.0. The van der Waals surface area contributed by atoms with Crippen molar-refractivity contribution in [2.45, 2.75) is 68.8 Å². The highest BCUT2D eigenvalue weighted by atomic mass is 79.9. The zero-order valence-corrected chi connectivity index (χ0v) is 25.2. The Kier molecular flexibility index (Phi) is 13.6. The van der Waals surface area contributed by atoms with Crippen molar-refractivity contribution in [3.05, 3.63) is 60.2 Å². The lowest BCUT2D eigenvalue weighted by Crippen LogP contribution is -2.39. The Balaban J connectivity index is 1.63. The summed E-state index contributed by atoms with van der Waals surface area (Å²) in [5, 5.41) is 44.3. The zero-order valence-electron chi connectivity index (χ0n) is 22.7. The van der Waals surface area contributed by atoms with Gasteiger partial charge in [-0.25, -0.2) is 0 Å². The van der Waals surface area contributed by atoms with Gasteiger partial charge in [-0.15, -0.1) is 0 Å². The maximum atomic E-state index is 13.0. The second-order valence-electron chi connectivity index (χ2n) is 9.85. The summed E-state index contributed by atoms with van der Waals surface area (Å²) in [6.07, 6.45) is -0.164. The number of alkyl halides is 1. The van der Waals surface area contributed by atoms with Crippen molar-refractivity contribution in [2.75, 3.05) is 18.5 Å². The van der Waals surface area contributed by atoms with Crippen molar-refractivity contribution in [2.24, 2.45) is 0 Å². The van der Waals surface area contributed by atoms with Crippen molar-refractivity contribution < 1.29 is 44.1 Å². The van der Waals surface area contributed by atoms with E-state index in [2.05, 4.69) is 46.3 Å². The van der Waals surface area contributed by atoms with Gasteiger partial charge in [-0.2, -0.15) is 0 Å². The molecule has 0 amide bonds.